The lowest BCUT2D eigenvalue weighted by molar-refractivity contribution is 0.0435. The number of aromatic nitrogens is 2. The van der Waals surface area contributed by atoms with Crippen molar-refractivity contribution in [3.63, 3.8) is 0 Å². The molecule has 1 aromatic heterocycles. The van der Waals surface area contributed by atoms with Crippen molar-refractivity contribution in [1.82, 2.24) is 10.2 Å². The number of phenolic OH excluding ortho intramolecular Hbond substituents is 1. The number of carbonyl (C=O) groups excluding carboxylic acids is 1. The lowest BCUT2D eigenvalue weighted by Crippen LogP contribution is -2.06. The molecule has 0 saturated carbocycles. The molecule has 4 rings (SSSR count). The van der Waals surface area contributed by atoms with Crippen LogP contribution in [0.2, 0.25) is 0 Å². The normalized spacial score (nSPS) is 10.8. The Morgan fingerprint density at radius 3 is 2.58 bits per heavy atom. The summed E-state index contributed by atoms with van der Waals surface area (Å²) in [4.78, 5) is 12.3. The predicted octanol–water partition coefficient (Wildman–Crippen LogP) is 3.95. The van der Waals surface area contributed by atoms with Crippen molar-refractivity contribution in [2.75, 3.05) is 0 Å². The van der Waals surface area contributed by atoms with Crippen molar-refractivity contribution in [2.24, 2.45) is 0 Å². The van der Waals surface area contributed by atoms with Gasteiger partial charge in [-0.1, -0.05) is 48.5 Å². The van der Waals surface area contributed by atoms with Gasteiger partial charge < -0.3 is 14.3 Å². The SMILES string of the molecule is O=C(OCc1nnc(-c2ccccc2)o1)c1ccc2ccccc2c1O. The van der Waals surface area contributed by atoms with E-state index in [9.17, 15) is 9.90 Å². The predicted molar refractivity (Wildman–Crippen MR) is 94.5 cm³/mol. The molecule has 0 aliphatic heterocycles. The summed E-state index contributed by atoms with van der Waals surface area (Å²) < 4.78 is 10.7. The summed E-state index contributed by atoms with van der Waals surface area (Å²) >= 11 is 0. The van der Waals surface area contributed by atoms with Gasteiger partial charge in [-0.2, -0.15) is 0 Å². The summed E-state index contributed by atoms with van der Waals surface area (Å²) in [6.07, 6.45) is 0. The molecule has 0 spiro atoms. The first-order valence-electron chi connectivity index (χ1n) is 7.98. The van der Waals surface area contributed by atoms with Crippen molar-refractivity contribution in [3.05, 3.63) is 78.2 Å². The van der Waals surface area contributed by atoms with Crippen LogP contribution in [-0.2, 0) is 11.3 Å². The zero-order valence-electron chi connectivity index (χ0n) is 13.6. The van der Waals surface area contributed by atoms with Crippen molar-refractivity contribution in [1.29, 1.82) is 0 Å². The summed E-state index contributed by atoms with van der Waals surface area (Å²) in [6, 6.07) is 19.8. The van der Waals surface area contributed by atoms with Crippen LogP contribution in [0.4, 0.5) is 0 Å². The fraction of sp³-hybridized carbons (Fsp3) is 0.0500. The molecule has 0 radical (unpaired) electrons. The van der Waals surface area contributed by atoms with Crippen molar-refractivity contribution in [3.8, 4) is 17.2 Å². The third kappa shape index (κ3) is 3.00. The summed E-state index contributed by atoms with van der Waals surface area (Å²) in [5, 5.41) is 19.6. The van der Waals surface area contributed by atoms with E-state index in [-0.39, 0.29) is 23.8 Å². The molecule has 0 fully saturated rings. The summed E-state index contributed by atoms with van der Waals surface area (Å²) in [5.41, 5.74) is 0.872. The Hall–Kier alpha value is -3.67. The van der Waals surface area contributed by atoms with Gasteiger partial charge in [-0.15, -0.1) is 10.2 Å². The largest absolute Gasteiger partial charge is 0.506 e. The molecule has 1 heterocycles. The van der Waals surface area contributed by atoms with Crippen LogP contribution in [-0.4, -0.2) is 21.3 Å². The van der Waals surface area contributed by atoms with E-state index in [2.05, 4.69) is 10.2 Å². The highest BCUT2D eigenvalue weighted by molar-refractivity contribution is 6.01. The van der Waals surface area contributed by atoms with Gasteiger partial charge in [0.25, 0.3) is 5.89 Å². The molecule has 6 heteroatoms. The number of hydrogen-bond acceptors (Lipinski definition) is 6. The number of esters is 1. The Morgan fingerprint density at radius 1 is 0.962 bits per heavy atom. The molecule has 0 amide bonds. The second-order valence-electron chi connectivity index (χ2n) is 5.63. The van der Waals surface area contributed by atoms with Gasteiger partial charge in [-0.25, -0.2) is 4.79 Å². The van der Waals surface area contributed by atoms with Crippen LogP contribution >= 0.6 is 0 Å². The van der Waals surface area contributed by atoms with Gasteiger partial charge in [0.2, 0.25) is 5.89 Å². The maximum atomic E-state index is 12.3. The maximum absolute atomic E-state index is 12.3. The van der Waals surface area contributed by atoms with Crippen molar-refractivity contribution >= 4 is 16.7 Å². The molecular formula is C20H14N2O4. The van der Waals surface area contributed by atoms with Gasteiger partial charge in [0.1, 0.15) is 11.3 Å². The number of aromatic hydroxyl groups is 1. The first kappa shape index (κ1) is 15.8. The number of hydrogen-bond donors (Lipinski definition) is 1. The third-order valence-electron chi connectivity index (χ3n) is 3.93. The Balaban J connectivity index is 1.49. The monoisotopic (exact) mass is 346 g/mol. The van der Waals surface area contributed by atoms with Crippen LogP contribution in [0.3, 0.4) is 0 Å². The Morgan fingerprint density at radius 2 is 1.73 bits per heavy atom. The van der Waals surface area contributed by atoms with Gasteiger partial charge in [0, 0.05) is 10.9 Å². The highest BCUT2D eigenvalue weighted by Gasteiger charge is 2.17. The number of benzene rings is 3. The molecule has 0 aliphatic rings. The van der Waals surface area contributed by atoms with E-state index in [1.165, 1.54) is 6.07 Å². The molecule has 0 unspecified atom stereocenters. The molecule has 1 N–H and O–H groups in total. The van der Waals surface area contributed by atoms with E-state index < -0.39 is 5.97 Å². The minimum atomic E-state index is -0.660. The summed E-state index contributed by atoms with van der Waals surface area (Å²) in [6.45, 7) is -0.176. The first-order valence-corrected chi connectivity index (χ1v) is 7.98. The fourth-order valence-corrected chi connectivity index (χ4v) is 2.63. The molecule has 0 saturated heterocycles. The molecule has 0 aliphatic carbocycles. The lowest BCUT2D eigenvalue weighted by Gasteiger charge is -2.07. The zero-order valence-corrected chi connectivity index (χ0v) is 13.6. The van der Waals surface area contributed by atoms with E-state index in [0.29, 0.717) is 11.3 Å². The first-order chi connectivity index (χ1) is 12.7. The number of ether oxygens (including phenoxy) is 1. The van der Waals surface area contributed by atoms with Gasteiger partial charge >= 0.3 is 5.97 Å². The summed E-state index contributed by atoms with van der Waals surface area (Å²) in [7, 11) is 0. The van der Waals surface area contributed by atoms with Crippen LogP contribution < -0.4 is 0 Å². The highest BCUT2D eigenvalue weighted by Crippen LogP contribution is 2.29. The second-order valence-corrected chi connectivity index (χ2v) is 5.63. The molecule has 128 valence electrons. The van der Waals surface area contributed by atoms with Crippen LogP contribution in [0.1, 0.15) is 16.2 Å². The standard InChI is InChI=1S/C20H14N2O4/c23-18-15-9-5-4-6-13(15)10-11-16(18)20(24)25-12-17-21-22-19(26-17)14-7-2-1-3-8-14/h1-11,23H,12H2. The molecule has 3 aromatic carbocycles. The minimum Gasteiger partial charge on any atom is -0.506 e. The average molecular weight is 346 g/mol. The summed E-state index contributed by atoms with van der Waals surface area (Å²) in [5.74, 6) is -0.237. The van der Waals surface area contributed by atoms with Gasteiger partial charge in [0.05, 0.1) is 0 Å². The molecule has 4 aromatic rings. The highest BCUT2D eigenvalue weighted by atomic mass is 16.5. The average Bonchev–Trinajstić information content (AvgIpc) is 3.16. The number of carbonyl (C=O) groups is 1. The van der Waals surface area contributed by atoms with Crippen molar-refractivity contribution < 1.29 is 19.1 Å². The Bertz CT molecular complexity index is 1070. The quantitative estimate of drug-likeness (QED) is 0.563. The van der Waals surface area contributed by atoms with Crippen LogP contribution in [0.25, 0.3) is 22.2 Å². The van der Waals surface area contributed by atoms with Gasteiger partial charge in [-0.05, 0) is 23.6 Å². The molecule has 6 nitrogen and oxygen atoms in total. The number of rotatable bonds is 4. The van der Waals surface area contributed by atoms with E-state index in [0.717, 1.165) is 10.9 Å². The second kappa shape index (κ2) is 6.68. The van der Waals surface area contributed by atoms with E-state index >= 15 is 0 Å². The molecule has 0 atom stereocenters. The van der Waals surface area contributed by atoms with E-state index in [4.69, 9.17) is 9.15 Å². The van der Waals surface area contributed by atoms with Gasteiger partial charge in [-0.3, -0.25) is 0 Å². The zero-order chi connectivity index (χ0) is 17.9. The van der Waals surface area contributed by atoms with Crippen LogP contribution in [0, 0.1) is 0 Å². The number of phenols is 1. The number of nitrogens with zero attached hydrogens (tertiary/aromatic N) is 2. The lowest BCUT2D eigenvalue weighted by atomic mass is 10.1. The van der Waals surface area contributed by atoms with Crippen molar-refractivity contribution in [2.45, 2.75) is 6.61 Å². The molecule has 26 heavy (non-hydrogen) atoms. The Kier molecular flexibility index (Phi) is 4.07. The third-order valence-corrected chi connectivity index (χ3v) is 3.93. The van der Waals surface area contributed by atoms with E-state index in [1.807, 2.05) is 42.5 Å². The smallest absolute Gasteiger partial charge is 0.342 e. The fourth-order valence-electron chi connectivity index (χ4n) is 2.63. The van der Waals surface area contributed by atoms with E-state index in [1.54, 1.807) is 18.2 Å². The van der Waals surface area contributed by atoms with Crippen LogP contribution in [0.15, 0.2) is 71.1 Å². The Labute approximate surface area is 148 Å². The number of fused-ring (bicyclic) bond motifs is 1. The minimum absolute atomic E-state index is 0.0894. The molecule has 0 bridgehead atoms. The molecular weight excluding hydrogens is 332 g/mol. The van der Waals surface area contributed by atoms with Crippen LogP contribution in [0.5, 0.6) is 5.75 Å². The topological polar surface area (TPSA) is 85.5 Å². The maximum Gasteiger partial charge on any atom is 0.342 e. The van der Waals surface area contributed by atoms with Gasteiger partial charge in [0.15, 0.2) is 6.61 Å².